The number of hydrogen-bond donors (Lipinski definition) is 1. The van der Waals surface area contributed by atoms with E-state index in [-0.39, 0.29) is 5.56 Å². The van der Waals surface area contributed by atoms with Gasteiger partial charge in [0.1, 0.15) is 5.75 Å². The molecule has 0 aromatic heterocycles. The standard InChI is InChI=1S/C16H23NO3/c1-17(12-13-4-2-5-13)10-3-11-20-15-8-6-14(7-9-15)16(18)19/h6-9,13H,2-5,10-12H2,1H3,(H,18,19). The van der Waals surface area contributed by atoms with Crippen LogP contribution in [0.2, 0.25) is 0 Å². The highest BCUT2D eigenvalue weighted by atomic mass is 16.5. The lowest BCUT2D eigenvalue weighted by Gasteiger charge is -2.30. The van der Waals surface area contributed by atoms with Gasteiger partial charge in [-0.15, -0.1) is 0 Å². The molecular weight excluding hydrogens is 254 g/mol. The van der Waals surface area contributed by atoms with Crippen molar-refractivity contribution in [3.05, 3.63) is 29.8 Å². The predicted octanol–water partition coefficient (Wildman–Crippen LogP) is 2.89. The number of carboxylic acids is 1. The molecule has 20 heavy (non-hydrogen) atoms. The quantitative estimate of drug-likeness (QED) is 0.742. The van der Waals surface area contributed by atoms with Crippen molar-refractivity contribution in [3.63, 3.8) is 0 Å². The summed E-state index contributed by atoms with van der Waals surface area (Å²) >= 11 is 0. The summed E-state index contributed by atoms with van der Waals surface area (Å²) in [5.41, 5.74) is 0.289. The number of carbonyl (C=O) groups is 1. The van der Waals surface area contributed by atoms with Gasteiger partial charge in [0.2, 0.25) is 0 Å². The molecule has 4 heteroatoms. The molecule has 0 aliphatic heterocycles. The zero-order valence-corrected chi connectivity index (χ0v) is 12.0. The van der Waals surface area contributed by atoms with Crippen LogP contribution in [0.15, 0.2) is 24.3 Å². The van der Waals surface area contributed by atoms with E-state index in [2.05, 4.69) is 11.9 Å². The summed E-state index contributed by atoms with van der Waals surface area (Å²) in [5.74, 6) is 0.732. The van der Waals surface area contributed by atoms with Crippen LogP contribution < -0.4 is 4.74 Å². The summed E-state index contributed by atoms with van der Waals surface area (Å²) in [7, 11) is 2.17. The molecule has 0 radical (unpaired) electrons. The summed E-state index contributed by atoms with van der Waals surface area (Å²) in [4.78, 5) is 13.1. The first-order valence-electron chi connectivity index (χ1n) is 7.30. The van der Waals surface area contributed by atoms with Crippen molar-refractivity contribution in [1.29, 1.82) is 0 Å². The van der Waals surface area contributed by atoms with Crippen molar-refractivity contribution >= 4 is 5.97 Å². The molecule has 1 aliphatic carbocycles. The summed E-state index contributed by atoms with van der Waals surface area (Å²) < 4.78 is 5.62. The minimum absolute atomic E-state index is 0.289. The predicted molar refractivity (Wildman–Crippen MR) is 78.4 cm³/mol. The largest absolute Gasteiger partial charge is 0.494 e. The minimum Gasteiger partial charge on any atom is -0.494 e. The van der Waals surface area contributed by atoms with Crippen LogP contribution in [0.1, 0.15) is 36.0 Å². The average Bonchev–Trinajstić information content (AvgIpc) is 2.39. The average molecular weight is 277 g/mol. The van der Waals surface area contributed by atoms with Gasteiger partial charge in [-0.2, -0.15) is 0 Å². The van der Waals surface area contributed by atoms with Crippen LogP contribution in [0.3, 0.4) is 0 Å². The molecule has 1 aromatic rings. The van der Waals surface area contributed by atoms with E-state index in [1.54, 1.807) is 24.3 Å². The van der Waals surface area contributed by atoms with Gasteiger partial charge in [-0.3, -0.25) is 0 Å². The second kappa shape index (κ2) is 7.29. The highest BCUT2D eigenvalue weighted by Crippen LogP contribution is 2.26. The van der Waals surface area contributed by atoms with E-state index in [0.29, 0.717) is 6.61 Å². The molecule has 4 nitrogen and oxygen atoms in total. The summed E-state index contributed by atoms with van der Waals surface area (Å²) in [6, 6.07) is 6.56. The number of nitrogens with zero attached hydrogens (tertiary/aromatic N) is 1. The van der Waals surface area contributed by atoms with E-state index < -0.39 is 5.97 Å². The van der Waals surface area contributed by atoms with E-state index in [4.69, 9.17) is 9.84 Å². The second-order valence-electron chi connectivity index (χ2n) is 5.59. The molecule has 2 rings (SSSR count). The van der Waals surface area contributed by atoms with Crippen LogP contribution in [0.25, 0.3) is 0 Å². The summed E-state index contributed by atoms with van der Waals surface area (Å²) in [5, 5.41) is 8.80. The van der Waals surface area contributed by atoms with Gasteiger partial charge in [0.05, 0.1) is 12.2 Å². The van der Waals surface area contributed by atoms with Crippen LogP contribution >= 0.6 is 0 Å². The molecule has 1 fully saturated rings. The van der Waals surface area contributed by atoms with Gasteiger partial charge in [0, 0.05) is 13.1 Å². The number of benzene rings is 1. The molecule has 110 valence electrons. The Morgan fingerprint density at radius 2 is 2.05 bits per heavy atom. The maximum atomic E-state index is 10.7. The zero-order chi connectivity index (χ0) is 14.4. The van der Waals surface area contributed by atoms with Gasteiger partial charge in [-0.05, 0) is 56.5 Å². The molecule has 0 heterocycles. The molecule has 0 spiro atoms. The van der Waals surface area contributed by atoms with Crippen molar-refractivity contribution in [2.45, 2.75) is 25.7 Å². The smallest absolute Gasteiger partial charge is 0.335 e. The first-order chi connectivity index (χ1) is 9.65. The third-order valence-electron chi connectivity index (χ3n) is 3.85. The van der Waals surface area contributed by atoms with Crippen LogP contribution in [0.5, 0.6) is 5.75 Å². The third kappa shape index (κ3) is 4.53. The van der Waals surface area contributed by atoms with E-state index in [9.17, 15) is 4.79 Å². The Morgan fingerprint density at radius 3 is 2.60 bits per heavy atom. The first-order valence-corrected chi connectivity index (χ1v) is 7.30. The molecule has 0 unspecified atom stereocenters. The molecule has 1 aliphatic rings. The van der Waals surface area contributed by atoms with Gasteiger partial charge in [-0.1, -0.05) is 6.42 Å². The molecule has 0 saturated heterocycles. The fourth-order valence-corrected chi connectivity index (χ4v) is 2.43. The lowest BCUT2D eigenvalue weighted by atomic mass is 9.85. The SMILES string of the molecule is CN(CCCOc1ccc(C(=O)O)cc1)CC1CCC1. The Bertz CT molecular complexity index is 426. The fourth-order valence-electron chi connectivity index (χ4n) is 2.43. The fraction of sp³-hybridized carbons (Fsp3) is 0.562. The summed E-state index contributed by atoms with van der Waals surface area (Å²) in [6.45, 7) is 2.92. The molecule has 1 N–H and O–H groups in total. The molecule has 0 atom stereocenters. The van der Waals surface area contributed by atoms with Gasteiger partial charge >= 0.3 is 5.97 Å². The highest BCUT2D eigenvalue weighted by Gasteiger charge is 2.18. The van der Waals surface area contributed by atoms with Gasteiger partial charge in [-0.25, -0.2) is 4.79 Å². The lowest BCUT2D eigenvalue weighted by molar-refractivity contribution is 0.0697. The van der Waals surface area contributed by atoms with E-state index in [1.165, 1.54) is 25.8 Å². The van der Waals surface area contributed by atoms with E-state index in [1.807, 2.05) is 0 Å². The van der Waals surface area contributed by atoms with Crippen LogP contribution in [-0.2, 0) is 0 Å². The van der Waals surface area contributed by atoms with Gasteiger partial charge in [0.25, 0.3) is 0 Å². The van der Waals surface area contributed by atoms with Crippen molar-refractivity contribution in [2.75, 3.05) is 26.7 Å². The monoisotopic (exact) mass is 277 g/mol. The van der Waals surface area contributed by atoms with Gasteiger partial charge < -0.3 is 14.7 Å². The summed E-state index contributed by atoms with van der Waals surface area (Å²) in [6.07, 6.45) is 5.16. The van der Waals surface area contributed by atoms with E-state index in [0.717, 1.165) is 24.6 Å². The number of hydrogen-bond acceptors (Lipinski definition) is 3. The first kappa shape index (κ1) is 14.9. The number of aromatic carboxylic acids is 1. The second-order valence-corrected chi connectivity index (χ2v) is 5.59. The molecule has 0 amide bonds. The molecule has 1 aromatic carbocycles. The van der Waals surface area contributed by atoms with Crippen molar-refractivity contribution in [2.24, 2.45) is 5.92 Å². The van der Waals surface area contributed by atoms with Crippen LogP contribution in [0.4, 0.5) is 0 Å². The third-order valence-corrected chi connectivity index (χ3v) is 3.85. The Kier molecular flexibility index (Phi) is 5.41. The Labute approximate surface area is 120 Å². The van der Waals surface area contributed by atoms with Crippen LogP contribution in [-0.4, -0.2) is 42.7 Å². The van der Waals surface area contributed by atoms with Crippen LogP contribution in [0, 0.1) is 5.92 Å². The van der Waals surface area contributed by atoms with Crippen molar-refractivity contribution in [1.82, 2.24) is 4.90 Å². The maximum Gasteiger partial charge on any atom is 0.335 e. The lowest BCUT2D eigenvalue weighted by Crippen LogP contribution is -2.30. The van der Waals surface area contributed by atoms with Crippen molar-refractivity contribution < 1.29 is 14.6 Å². The Morgan fingerprint density at radius 1 is 1.35 bits per heavy atom. The minimum atomic E-state index is -0.908. The number of carboxylic acid groups (broad SMARTS) is 1. The maximum absolute atomic E-state index is 10.7. The van der Waals surface area contributed by atoms with Crippen molar-refractivity contribution in [3.8, 4) is 5.75 Å². The Balaban J connectivity index is 1.61. The molecular formula is C16H23NO3. The zero-order valence-electron chi connectivity index (χ0n) is 12.0. The Hall–Kier alpha value is -1.55. The van der Waals surface area contributed by atoms with Gasteiger partial charge in [0.15, 0.2) is 0 Å². The highest BCUT2D eigenvalue weighted by molar-refractivity contribution is 5.87. The van der Waals surface area contributed by atoms with E-state index >= 15 is 0 Å². The molecule has 1 saturated carbocycles. The topological polar surface area (TPSA) is 49.8 Å². The molecule has 0 bridgehead atoms. The number of rotatable bonds is 8. The normalized spacial score (nSPS) is 15.1. The number of ether oxygens (including phenoxy) is 1.